The van der Waals surface area contributed by atoms with Gasteiger partial charge in [0.25, 0.3) is 0 Å². The monoisotopic (exact) mass is 520 g/mol. The molecule has 0 aromatic heterocycles. The molecular formula is C28H44N2O5S. The van der Waals surface area contributed by atoms with Gasteiger partial charge >= 0.3 is 5.97 Å². The number of carbonyl (C=O) groups excluding carboxylic acids is 3. The molecule has 3 fully saturated rings. The molecule has 7 nitrogen and oxygen atoms in total. The summed E-state index contributed by atoms with van der Waals surface area (Å²) < 4.78 is 4.44. The van der Waals surface area contributed by atoms with Crippen LogP contribution >= 0.6 is 11.8 Å². The van der Waals surface area contributed by atoms with E-state index in [9.17, 15) is 14.4 Å². The lowest BCUT2D eigenvalue weighted by Crippen LogP contribution is -2.55. The number of aliphatic hydroxyl groups is 1. The van der Waals surface area contributed by atoms with E-state index in [1.54, 1.807) is 28.8 Å². The van der Waals surface area contributed by atoms with Crippen LogP contribution in [0.25, 0.3) is 0 Å². The van der Waals surface area contributed by atoms with Crippen molar-refractivity contribution in [2.75, 3.05) is 32.8 Å². The molecule has 0 aliphatic carbocycles. The molecule has 3 rings (SSSR count). The first-order valence-corrected chi connectivity index (χ1v) is 14.4. The van der Waals surface area contributed by atoms with E-state index >= 15 is 0 Å². The molecule has 1 N–H and O–H groups in total. The fraction of sp³-hybridized carbons (Fsp3) is 0.750. The third-order valence-corrected chi connectivity index (χ3v) is 10.1. The van der Waals surface area contributed by atoms with E-state index in [1.165, 1.54) is 0 Å². The quantitative estimate of drug-likeness (QED) is 0.188. The second-order valence-electron chi connectivity index (χ2n) is 10.6. The first-order valence-electron chi connectivity index (χ1n) is 13.6. The van der Waals surface area contributed by atoms with Crippen LogP contribution in [0.5, 0.6) is 0 Å². The summed E-state index contributed by atoms with van der Waals surface area (Å²) in [7, 11) is 0. The highest BCUT2D eigenvalue weighted by Crippen LogP contribution is 2.71. The molecule has 3 aliphatic rings. The van der Waals surface area contributed by atoms with Gasteiger partial charge in [0.05, 0.1) is 16.6 Å². The number of esters is 1. The van der Waals surface area contributed by atoms with E-state index in [2.05, 4.69) is 27.0 Å². The molecule has 3 saturated heterocycles. The molecule has 2 bridgehead atoms. The van der Waals surface area contributed by atoms with Gasteiger partial charge in [-0.1, -0.05) is 51.3 Å². The van der Waals surface area contributed by atoms with E-state index in [-0.39, 0.29) is 31.0 Å². The summed E-state index contributed by atoms with van der Waals surface area (Å²) in [6, 6.07) is -0.585. The maximum absolute atomic E-state index is 14.2. The third-order valence-electron chi connectivity index (χ3n) is 8.11. The Hall–Kier alpha value is -1.80. The number of hydrogen-bond acceptors (Lipinski definition) is 6. The minimum Gasteiger partial charge on any atom is -0.461 e. The van der Waals surface area contributed by atoms with Gasteiger partial charge in [-0.05, 0) is 39.0 Å². The lowest BCUT2D eigenvalue weighted by atomic mass is 9.66. The number of aliphatic hydroxyl groups excluding tert-OH is 1. The van der Waals surface area contributed by atoms with Gasteiger partial charge in [0.15, 0.2) is 0 Å². The highest BCUT2D eigenvalue weighted by Gasteiger charge is 2.77. The van der Waals surface area contributed by atoms with Crippen LogP contribution in [0.1, 0.15) is 71.6 Å². The van der Waals surface area contributed by atoms with Crippen molar-refractivity contribution < 1.29 is 24.2 Å². The SMILES string of the molecule is C=CCOC(=O)[C@H]1[C@H]2C(=O)N(CCCCCCO)C(C(=O)N(CC=C)CCCCC)C23CC[C@]1(C)S3. The van der Waals surface area contributed by atoms with Crippen LogP contribution in [0.2, 0.25) is 0 Å². The van der Waals surface area contributed by atoms with Crippen LogP contribution in [-0.2, 0) is 19.1 Å². The summed E-state index contributed by atoms with van der Waals surface area (Å²) in [4.78, 5) is 45.1. The van der Waals surface area contributed by atoms with Gasteiger partial charge in [0.1, 0.15) is 12.6 Å². The number of unbranched alkanes of at least 4 members (excludes halogenated alkanes) is 5. The zero-order valence-electron chi connectivity index (χ0n) is 22.1. The van der Waals surface area contributed by atoms with E-state index in [4.69, 9.17) is 9.84 Å². The lowest BCUT2D eigenvalue weighted by molar-refractivity contribution is -0.154. The summed E-state index contributed by atoms with van der Waals surface area (Å²) in [5.41, 5.74) is 0. The highest BCUT2D eigenvalue weighted by molar-refractivity contribution is 8.02. The van der Waals surface area contributed by atoms with Crippen LogP contribution in [-0.4, -0.2) is 81.1 Å². The Bertz CT molecular complexity index is 835. The minimum absolute atomic E-state index is 0.0194. The number of likely N-dealkylation sites (tertiary alicyclic amines) is 1. The molecule has 2 unspecified atom stereocenters. The number of amides is 2. The molecule has 3 aliphatic heterocycles. The zero-order valence-corrected chi connectivity index (χ0v) is 22.9. The molecule has 0 radical (unpaired) electrons. The molecule has 0 saturated carbocycles. The van der Waals surface area contributed by atoms with Crippen LogP contribution in [0.3, 0.4) is 0 Å². The average molecular weight is 521 g/mol. The molecule has 5 atom stereocenters. The van der Waals surface area contributed by atoms with Crippen LogP contribution in [0, 0.1) is 11.8 Å². The van der Waals surface area contributed by atoms with Gasteiger partial charge < -0.3 is 19.6 Å². The molecule has 202 valence electrons. The number of hydrogen-bond donors (Lipinski definition) is 1. The minimum atomic E-state index is -0.615. The van der Waals surface area contributed by atoms with Gasteiger partial charge in [-0.3, -0.25) is 14.4 Å². The number of carbonyl (C=O) groups is 3. The molecular weight excluding hydrogens is 476 g/mol. The molecule has 1 spiro atoms. The smallest absolute Gasteiger partial charge is 0.311 e. The van der Waals surface area contributed by atoms with Gasteiger partial charge in [0.2, 0.25) is 11.8 Å². The second kappa shape index (κ2) is 12.6. The van der Waals surface area contributed by atoms with E-state index in [0.717, 1.165) is 57.8 Å². The highest BCUT2D eigenvalue weighted by atomic mass is 32.2. The number of thioether (sulfide) groups is 1. The van der Waals surface area contributed by atoms with Gasteiger partial charge in [-0.15, -0.1) is 18.3 Å². The van der Waals surface area contributed by atoms with E-state index in [1.807, 2.05) is 4.90 Å². The number of rotatable bonds is 16. The zero-order chi connectivity index (χ0) is 26.3. The standard InChI is InChI=1S/C28H44N2O5S/c1-5-8-11-17-29(16-6-2)25(33)23-28-15-14-27(4,36-28)22(26(34)35-20-7-3)21(28)24(32)30(23)18-12-9-10-13-19-31/h6-7,21-23,31H,2-3,5,8-20H2,1,4H3/t21-,22+,23?,27-,28?/m0/s1. The summed E-state index contributed by atoms with van der Waals surface area (Å²) in [5.74, 6) is -1.57. The van der Waals surface area contributed by atoms with Crippen molar-refractivity contribution in [3.8, 4) is 0 Å². The van der Waals surface area contributed by atoms with Crippen molar-refractivity contribution in [2.24, 2.45) is 11.8 Å². The maximum Gasteiger partial charge on any atom is 0.311 e. The molecule has 0 aromatic rings. The number of ether oxygens (including phenoxy) is 1. The Morgan fingerprint density at radius 1 is 1.17 bits per heavy atom. The molecule has 0 aromatic carbocycles. The summed E-state index contributed by atoms with van der Waals surface area (Å²) in [5, 5.41) is 9.11. The predicted molar refractivity (Wildman–Crippen MR) is 143 cm³/mol. The van der Waals surface area contributed by atoms with Crippen molar-refractivity contribution in [2.45, 2.75) is 87.2 Å². The molecule has 3 heterocycles. The van der Waals surface area contributed by atoms with Crippen LogP contribution < -0.4 is 0 Å². The summed E-state index contributed by atoms with van der Waals surface area (Å²) in [6.07, 6.45) is 11.1. The molecule has 2 amide bonds. The topological polar surface area (TPSA) is 87.1 Å². The van der Waals surface area contributed by atoms with E-state index in [0.29, 0.717) is 19.6 Å². The summed E-state index contributed by atoms with van der Waals surface area (Å²) >= 11 is 1.68. The fourth-order valence-corrected chi connectivity index (χ4v) is 8.79. The van der Waals surface area contributed by atoms with E-state index < -0.39 is 27.4 Å². The van der Waals surface area contributed by atoms with Crippen molar-refractivity contribution >= 4 is 29.5 Å². The number of nitrogens with zero attached hydrogens (tertiary/aromatic N) is 2. The third kappa shape index (κ3) is 5.40. The van der Waals surface area contributed by atoms with Crippen molar-refractivity contribution in [3.63, 3.8) is 0 Å². The molecule has 8 heteroatoms. The largest absolute Gasteiger partial charge is 0.461 e. The van der Waals surface area contributed by atoms with Crippen molar-refractivity contribution in [3.05, 3.63) is 25.3 Å². The van der Waals surface area contributed by atoms with Crippen molar-refractivity contribution in [1.82, 2.24) is 9.80 Å². The van der Waals surface area contributed by atoms with Crippen LogP contribution in [0.15, 0.2) is 25.3 Å². The van der Waals surface area contributed by atoms with Crippen LogP contribution in [0.4, 0.5) is 0 Å². The van der Waals surface area contributed by atoms with Gasteiger partial charge in [-0.25, -0.2) is 0 Å². The van der Waals surface area contributed by atoms with Gasteiger partial charge in [0, 0.05) is 31.0 Å². The number of fused-ring (bicyclic) bond motifs is 1. The predicted octanol–water partition coefficient (Wildman–Crippen LogP) is 3.95. The second-order valence-corrected chi connectivity index (χ2v) is 12.5. The first kappa shape index (κ1) is 28.8. The Morgan fingerprint density at radius 3 is 2.58 bits per heavy atom. The maximum atomic E-state index is 14.2. The Morgan fingerprint density at radius 2 is 1.92 bits per heavy atom. The first-order chi connectivity index (χ1) is 17.3. The Balaban J connectivity index is 1.94. The lowest BCUT2D eigenvalue weighted by Gasteiger charge is -2.37. The molecule has 36 heavy (non-hydrogen) atoms. The summed E-state index contributed by atoms with van der Waals surface area (Å²) in [6.45, 7) is 13.6. The Labute approximate surface area is 220 Å². The fourth-order valence-electron chi connectivity index (χ4n) is 6.45. The normalized spacial score (nSPS) is 30.4. The average Bonchev–Trinajstić information content (AvgIpc) is 3.42. The van der Waals surface area contributed by atoms with Gasteiger partial charge in [-0.2, -0.15) is 0 Å². The van der Waals surface area contributed by atoms with Crippen molar-refractivity contribution in [1.29, 1.82) is 0 Å². The Kier molecular flexibility index (Phi) is 10.1.